The van der Waals surface area contributed by atoms with Crippen LogP contribution in [0.3, 0.4) is 0 Å². The van der Waals surface area contributed by atoms with Crippen LogP contribution >= 0.6 is 11.3 Å². The molecule has 1 aliphatic carbocycles. The molecule has 2 aliphatic rings. The van der Waals surface area contributed by atoms with E-state index in [1.165, 1.54) is 11.3 Å². The third-order valence-electron chi connectivity index (χ3n) is 4.30. The molecule has 0 aromatic carbocycles. The van der Waals surface area contributed by atoms with Crippen LogP contribution in [-0.2, 0) is 4.79 Å². The number of Topliss-reactive ketones (excluding diaryl/α,β-unsaturated/α-hetero) is 1. The molecule has 21 heavy (non-hydrogen) atoms. The fourth-order valence-electron chi connectivity index (χ4n) is 3.15. The molecule has 5 nitrogen and oxygen atoms in total. The van der Waals surface area contributed by atoms with Crippen LogP contribution in [0.5, 0.6) is 0 Å². The molecule has 6 heteroatoms. The molecule has 1 N–H and O–H groups in total. The number of thiophene rings is 1. The number of nitrogens with one attached hydrogen (secondary N) is 1. The Morgan fingerprint density at radius 3 is 2.57 bits per heavy atom. The Kier molecular flexibility index (Phi) is 3.80. The van der Waals surface area contributed by atoms with Crippen molar-refractivity contribution in [2.75, 3.05) is 6.54 Å². The molecular formula is C15H18N2O3S. The van der Waals surface area contributed by atoms with Crippen LogP contribution < -0.4 is 5.32 Å². The average molecular weight is 306 g/mol. The van der Waals surface area contributed by atoms with Gasteiger partial charge in [0, 0.05) is 0 Å². The first kappa shape index (κ1) is 14.3. The summed E-state index contributed by atoms with van der Waals surface area (Å²) in [4.78, 5) is 38.6. The maximum Gasteiger partial charge on any atom is 0.325 e. The van der Waals surface area contributed by atoms with Gasteiger partial charge in [-0.2, -0.15) is 0 Å². The summed E-state index contributed by atoms with van der Waals surface area (Å²) < 4.78 is 0. The van der Waals surface area contributed by atoms with Gasteiger partial charge in [-0.05, 0) is 24.3 Å². The Hall–Kier alpha value is -1.69. The maximum atomic E-state index is 12.6. The highest BCUT2D eigenvalue weighted by atomic mass is 32.1. The minimum Gasteiger partial charge on any atom is -0.323 e. The molecule has 0 unspecified atom stereocenters. The number of imide groups is 1. The molecule has 1 aromatic heterocycles. The number of carbonyl (C=O) groups is 3. The van der Waals surface area contributed by atoms with Crippen molar-refractivity contribution in [3.63, 3.8) is 0 Å². The van der Waals surface area contributed by atoms with E-state index in [0.29, 0.717) is 17.7 Å². The van der Waals surface area contributed by atoms with Gasteiger partial charge in [0.05, 0.1) is 11.4 Å². The van der Waals surface area contributed by atoms with Gasteiger partial charge >= 0.3 is 6.03 Å². The Bertz CT molecular complexity index is 559. The van der Waals surface area contributed by atoms with E-state index in [1.54, 1.807) is 12.1 Å². The van der Waals surface area contributed by atoms with Crippen molar-refractivity contribution >= 4 is 29.1 Å². The van der Waals surface area contributed by atoms with Gasteiger partial charge in [0.1, 0.15) is 5.54 Å². The maximum absolute atomic E-state index is 12.6. The Balaban J connectivity index is 1.76. The molecule has 0 atom stereocenters. The lowest BCUT2D eigenvalue weighted by atomic mass is 9.90. The molecule has 1 spiro atoms. The van der Waals surface area contributed by atoms with Crippen molar-refractivity contribution < 1.29 is 14.4 Å². The number of hydrogen-bond acceptors (Lipinski definition) is 4. The lowest BCUT2D eigenvalue weighted by Gasteiger charge is -2.24. The first-order valence-electron chi connectivity index (χ1n) is 7.33. The van der Waals surface area contributed by atoms with Crippen molar-refractivity contribution in [2.24, 2.45) is 0 Å². The molecule has 3 rings (SSSR count). The molecule has 2 fully saturated rings. The summed E-state index contributed by atoms with van der Waals surface area (Å²) in [5, 5.41) is 4.66. The first-order chi connectivity index (χ1) is 10.1. The van der Waals surface area contributed by atoms with E-state index < -0.39 is 11.6 Å². The molecule has 112 valence electrons. The summed E-state index contributed by atoms with van der Waals surface area (Å²) in [7, 11) is 0. The zero-order chi connectivity index (χ0) is 14.9. The van der Waals surface area contributed by atoms with Gasteiger partial charge in [0.15, 0.2) is 5.78 Å². The zero-order valence-electron chi connectivity index (χ0n) is 11.8. The molecule has 3 amide bonds. The third kappa shape index (κ3) is 2.60. The van der Waals surface area contributed by atoms with Crippen LogP contribution in [-0.4, -0.2) is 34.7 Å². The molecule has 1 aromatic rings. The largest absolute Gasteiger partial charge is 0.325 e. The van der Waals surface area contributed by atoms with Crippen LogP contribution in [0.1, 0.15) is 48.2 Å². The van der Waals surface area contributed by atoms with Gasteiger partial charge < -0.3 is 5.32 Å². The van der Waals surface area contributed by atoms with Crippen molar-refractivity contribution in [1.29, 1.82) is 0 Å². The van der Waals surface area contributed by atoms with Gasteiger partial charge in [-0.25, -0.2) is 4.79 Å². The zero-order valence-corrected chi connectivity index (χ0v) is 12.6. The van der Waals surface area contributed by atoms with Crippen LogP contribution in [0.15, 0.2) is 17.5 Å². The predicted octanol–water partition coefficient (Wildman–Crippen LogP) is 2.58. The number of ketones is 1. The minimum absolute atomic E-state index is 0.160. The summed E-state index contributed by atoms with van der Waals surface area (Å²) in [6.45, 7) is -0.160. The summed E-state index contributed by atoms with van der Waals surface area (Å²) >= 11 is 1.33. The lowest BCUT2D eigenvalue weighted by Crippen LogP contribution is -2.46. The Morgan fingerprint density at radius 2 is 1.95 bits per heavy atom. The smallest absolute Gasteiger partial charge is 0.323 e. The van der Waals surface area contributed by atoms with E-state index >= 15 is 0 Å². The quantitative estimate of drug-likeness (QED) is 0.689. The summed E-state index contributed by atoms with van der Waals surface area (Å²) in [6.07, 6.45) is 5.44. The number of carbonyl (C=O) groups excluding carboxylic acids is 3. The lowest BCUT2D eigenvalue weighted by molar-refractivity contribution is -0.131. The minimum atomic E-state index is -0.761. The van der Waals surface area contributed by atoms with E-state index in [2.05, 4.69) is 5.32 Å². The monoisotopic (exact) mass is 306 g/mol. The van der Waals surface area contributed by atoms with Crippen LogP contribution in [0.25, 0.3) is 0 Å². The van der Waals surface area contributed by atoms with Crippen molar-refractivity contribution in [3.8, 4) is 0 Å². The summed E-state index contributed by atoms with van der Waals surface area (Å²) in [6, 6.07) is 3.08. The predicted molar refractivity (Wildman–Crippen MR) is 79.3 cm³/mol. The topological polar surface area (TPSA) is 66.5 Å². The second-order valence-electron chi connectivity index (χ2n) is 5.72. The van der Waals surface area contributed by atoms with E-state index in [1.807, 2.05) is 5.38 Å². The van der Waals surface area contributed by atoms with Crippen LogP contribution in [0.4, 0.5) is 4.79 Å². The number of rotatable bonds is 3. The summed E-state index contributed by atoms with van der Waals surface area (Å²) in [5.74, 6) is -0.404. The molecule has 1 saturated carbocycles. The molecule has 0 bridgehead atoms. The molecule has 0 radical (unpaired) electrons. The highest BCUT2D eigenvalue weighted by Gasteiger charge is 2.51. The number of hydrogen-bond donors (Lipinski definition) is 1. The van der Waals surface area contributed by atoms with Crippen molar-refractivity contribution in [3.05, 3.63) is 22.4 Å². The SMILES string of the molecule is O=C(CN1C(=O)NC2(CCCCCC2)C1=O)c1cccs1. The Labute approximate surface area is 127 Å². The molecule has 2 heterocycles. The van der Waals surface area contributed by atoms with Crippen molar-refractivity contribution in [2.45, 2.75) is 44.1 Å². The van der Waals surface area contributed by atoms with Gasteiger partial charge in [0.2, 0.25) is 0 Å². The van der Waals surface area contributed by atoms with Gasteiger partial charge in [-0.1, -0.05) is 31.7 Å². The number of nitrogens with zero attached hydrogens (tertiary/aromatic N) is 1. The van der Waals surface area contributed by atoms with Gasteiger partial charge in [-0.3, -0.25) is 14.5 Å². The van der Waals surface area contributed by atoms with Crippen LogP contribution in [0, 0.1) is 0 Å². The standard InChI is InChI=1S/C15H18N2O3S/c18-11(12-6-5-9-21-12)10-17-13(19)15(16-14(17)20)7-3-1-2-4-8-15/h5-6,9H,1-4,7-8,10H2,(H,16,20). The van der Waals surface area contributed by atoms with E-state index in [-0.39, 0.29) is 18.2 Å². The van der Waals surface area contributed by atoms with Crippen molar-refractivity contribution in [1.82, 2.24) is 10.2 Å². The average Bonchev–Trinajstić information content (AvgIpc) is 2.99. The fraction of sp³-hybridized carbons (Fsp3) is 0.533. The normalized spacial score (nSPS) is 21.4. The molecule has 1 aliphatic heterocycles. The highest BCUT2D eigenvalue weighted by molar-refractivity contribution is 7.12. The first-order valence-corrected chi connectivity index (χ1v) is 8.21. The highest BCUT2D eigenvalue weighted by Crippen LogP contribution is 2.32. The second-order valence-corrected chi connectivity index (χ2v) is 6.67. The number of amides is 3. The Morgan fingerprint density at radius 1 is 1.24 bits per heavy atom. The van der Waals surface area contributed by atoms with E-state index in [4.69, 9.17) is 0 Å². The second kappa shape index (κ2) is 5.60. The van der Waals surface area contributed by atoms with E-state index in [0.717, 1.165) is 30.6 Å². The van der Waals surface area contributed by atoms with Gasteiger partial charge in [0.25, 0.3) is 5.91 Å². The van der Waals surface area contributed by atoms with Crippen LogP contribution in [0.2, 0.25) is 0 Å². The number of urea groups is 1. The van der Waals surface area contributed by atoms with E-state index in [9.17, 15) is 14.4 Å². The third-order valence-corrected chi connectivity index (χ3v) is 5.21. The summed E-state index contributed by atoms with van der Waals surface area (Å²) in [5.41, 5.74) is -0.761. The molecule has 1 saturated heterocycles. The fourth-order valence-corrected chi connectivity index (χ4v) is 3.81. The molecular weight excluding hydrogens is 288 g/mol. The van der Waals surface area contributed by atoms with Gasteiger partial charge in [-0.15, -0.1) is 11.3 Å².